The highest BCUT2D eigenvalue weighted by Gasteiger charge is 2.49. The monoisotopic (exact) mass is 407 g/mol. The zero-order chi connectivity index (χ0) is 20.9. The van der Waals surface area contributed by atoms with Crippen molar-refractivity contribution in [2.75, 3.05) is 0 Å². The van der Waals surface area contributed by atoms with Crippen molar-refractivity contribution >= 4 is 11.6 Å². The van der Waals surface area contributed by atoms with Gasteiger partial charge in [0.25, 0.3) is 5.91 Å². The molecule has 1 fully saturated rings. The van der Waals surface area contributed by atoms with Gasteiger partial charge < -0.3 is 5.32 Å². The van der Waals surface area contributed by atoms with E-state index in [0.717, 1.165) is 6.20 Å². The summed E-state index contributed by atoms with van der Waals surface area (Å²) >= 11 is 0. The number of amides is 1. The molecule has 10 heteroatoms. The lowest BCUT2D eigenvalue weighted by Crippen LogP contribution is -2.46. The Labute approximate surface area is 163 Å². The molecule has 152 valence electrons. The molecule has 0 radical (unpaired) electrons. The number of carbonyl (C=O) groups excluding carboxylic acids is 1. The van der Waals surface area contributed by atoms with E-state index in [2.05, 4.69) is 20.4 Å². The van der Waals surface area contributed by atoms with Crippen LogP contribution in [0.2, 0.25) is 0 Å². The minimum atomic E-state index is -4.53. The second kappa shape index (κ2) is 6.78. The van der Waals surface area contributed by atoms with Crippen LogP contribution in [-0.4, -0.2) is 37.7 Å². The summed E-state index contributed by atoms with van der Waals surface area (Å²) in [5.74, 6) is -2.05. The fraction of sp³-hybridized carbons (Fsp3) is 0.368. The Hall–Kier alpha value is -3.04. The van der Waals surface area contributed by atoms with Crippen LogP contribution in [0.1, 0.15) is 34.6 Å². The van der Waals surface area contributed by atoms with Gasteiger partial charge in [0.15, 0.2) is 5.65 Å². The summed E-state index contributed by atoms with van der Waals surface area (Å²) < 4.78 is 54.8. The second-order valence-corrected chi connectivity index (χ2v) is 7.19. The lowest BCUT2D eigenvalue weighted by Gasteiger charge is -2.20. The molecule has 0 aromatic carbocycles. The summed E-state index contributed by atoms with van der Waals surface area (Å²) in [4.78, 5) is 20.9. The zero-order valence-electron chi connectivity index (χ0n) is 15.6. The van der Waals surface area contributed by atoms with Crippen molar-refractivity contribution in [2.24, 2.45) is 5.92 Å². The maximum atomic E-state index is 13.7. The molecule has 1 saturated carbocycles. The van der Waals surface area contributed by atoms with Gasteiger partial charge >= 0.3 is 6.18 Å². The standard InChI is InChI=1S/C19H17F4N5O/c1-9-5-15(13-6-12(20)7-24-10(13)2)26-17-14(8-25-28(9)17)18(29)27-16(11-3-4-11)19(21,22)23/h5-8,11,16H,3-4H2,1-2H3,(H,27,29)/t16-/m1/s1. The number of nitrogens with one attached hydrogen (secondary N) is 1. The molecule has 1 N–H and O–H groups in total. The average molecular weight is 407 g/mol. The first-order chi connectivity index (χ1) is 13.6. The number of alkyl halides is 3. The highest BCUT2D eigenvalue weighted by Crippen LogP contribution is 2.40. The molecule has 1 amide bonds. The minimum absolute atomic E-state index is 0.0770. The molecule has 3 aromatic rings. The van der Waals surface area contributed by atoms with E-state index < -0.39 is 29.9 Å². The quantitative estimate of drug-likeness (QED) is 0.671. The van der Waals surface area contributed by atoms with E-state index in [9.17, 15) is 22.4 Å². The lowest BCUT2D eigenvalue weighted by molar-refractivity contribution is -0.158. The van der Waals surface area contributed by atoms with E-state index in [1.54, 1.807) is 19.9 Å². The molecule has 29 heavy (non-hydrogen) atoms. The Balaban J connectivity index is 1.75. The van der Waals surface area contributed by atoms with Crippen molar-refractivity contribution in [2.45, 2.75) is 38.9 Å². The number of hydrogen-bond acceptors (Lipinski definition) is 4. The Bertz CT molecular complexity index is 1100. The van der Waals surface area contributed by atoms with Gasteiger partial charge in [-0.1, -0.05) is 0 Å². The summed E-state index contributed by atoms with van der Waals surface area (Å²) in [6.45, 7) is 3.39. The second-order valence-electron chi connectivity index (χ2n) is 7.19. The molecule has 0 bridgehead atoms. The summed E-state index contributed by atoms with van der Waals surface area (Å²) in [6, 6.07) is 1.01. The lowest BCUT2D eigenvalue weighted by atomic mass is 10.1. The molecule has 3 heterocycles. The number of carbonyl (C=O) groups is 1. The molecule has 1 aliphatic carbocycles. The number of rotatable bonds is 4. The van der Waals surface area contributed by atoms with Crippen LogP contribution >= 0.6 is 0 Å². The molecule has 0 aliphatic heterocycles. The van der Waals surface area contributed by atoms with E-state index in [0.29, 0.717) is 35.5 Å². The van der Waals surface area contributed by atoms with Gasteiger partial charge in [0.1, 0.15) is 17.4 Å². The van der Waals surface area contributed by atoms with Crippen molar-refractivity contribution in [1.82, 2.24) is 24.9 Å². The third kappa shape index (κ3) is 3.66. The number of aromatic nitrogens is 4. The first-order valence-corrected chi connectivity index (χ1v) is 9.00. The molecular weight excluding hydrogens is 390 g/mol. The minimum Gasteiger partial charge on any atom is -0.340 e. The Kier molecular flexibility index (Phi) is 4.51. The largest absolute Gasteiger partial charge is 0.408 e. The van der Waals surface area contributed by atoms with E-state index >= 15 is 0 Å². The van der Waals surface area contributed by atoms with Crippen molar-refractivity contribution in [3.63, 3.8) is 0 Å². The average Bonchev–Trinajstić information content (AvgIpc) is 3.38. The Morgan fingerprint density at radius 2 is 1.97 bits per heavy atom. The topological polar surface area (TPSA) is 72.2 Å². The fourth-order valence-electron chi connectivity index (χ4n) is 3.29. The van der Waals surface area contributed by atoms with Crippen LogP contribution in [0.25, 0.3) is 16.9 Å². The predicted molar refractivity (Wildman–Crippen MR) is 95.7 cm³/mol. The van der Waals surface area contributed by atoms with Crippen molar-refractivity contribution in [3.8, 4) is 11.3 Å². The van der Waals surface area contributed by atoms with Crippen LogP contribution in [0.15, 0.2) is 24.5 Å². The van der Waals surface area contributed by atoms with Gasteiger partial charge in [-0.25, -0.2) is 13.9 Å². The van der Waals surface area contributed by atoms with Crippen LogP contribution < -0.4 is 5.32 Å². The number of halogens is 4. The predicted octanol–water partition coefficient (Wildman–Crippen LogP) is 3.62. The van der Waals surface area contributed by atoms with Crippen LogP contribution in [0.4, 0.5) is 17.6 Å². The SMILES string of the molecule is Cc1ncc(F)cc1-c1cc(C)n2ncc(C(=O)N[C@H](C3CC3)C(F)(F)F)c2n1. The first-order valence-electron chi connectivity index (χ1n) is 9.00. The molecule has 4 rings (SSSR count). The molecule has 1 aliphatic rings. The molecule has 3 aromatic heterocycles. The van der Waals surface area contributed by atoms with Gasteiger partial charge in [0, 0.05) is 17.0 Å². The number of nitrogens with zero attached hydrogens (tertiary/aromatic N) is 4. The van der Waals surface area contributed by atoms with Crippen molar-refractivity contribution in [1.29, 1.82) is 0 Å². The summed E-state index contributed by atoms with van der Waals surface area (Å²) in [5.41, 5.74) is 1.91. The third-order valence-electron chi connectivity index (χ3n) is 4.96. The van der Waals surface area contributed by atoms with E-state index in [1.807, 2.05) is 0 Å². The van der Waals surface area contributed by atoms with Gasteiger partial charge in [-0.2, -0.15) is 18.3 Å². The molecular formula is C19H17F4N5O. The first kappa shape index (κ1) is 19.3. The van der Waals surface area contributed by atoms with E-state index in [1.165, 1.54) is 16.8 Å². The van der Waals surface area contributed by atoms with Gasteiger partial charge in [-0.15, -0.1) is 0 Å². The Morgan fingerprint density at radius 3 is 2.62 bits per heavy atom. The van der Waals surface area contributed by atoms with E-state index in [-0.39, 0.29) is 11.2 Å². The van der Waals surface area contributed by atoms with Crippen molar-refractivity contribution < 1.29 is 22.4 Å². The number of pyridine rings is 1. The normalized spacial score (nSPS) is 15.5. The van der Waals surface area contributed by atoms with E-state index in [4.69, 9.17) is 0 Å². The van der Waals surface area contributed by atoms with Crippen LogP contribution in [0.3, 0.4) is 0 Å². The number of hydrogen-bond donors (Lipinski definition) is 1. The number of aryl methyl sites for hydroxylation is 2. The van der Waals surface area contributed by atoms with Gasteiger partial charge in [-0.3, -0.25) is 9.78 Å². The summed E-state index contributed by atoms with van der Waals surface area (Å²) in [5, 5.41) is 6.15. The van der Waals surface area contributed by atoms with Gasteiger partial charge in [0.05, 0.1) is 18.1 Å². The molecule has 1 atom stereocenters. The molecule has 0 spiro atoms. The molecule has 6 nitrogen and oxygen atoms in total. The highest BCUT2D eigenvalue weighted by molar-refractivity contribution is 6.00. The fourth-order valence-corrected chi connectivity index (χ4v) is 3.29. The molecule has 0 saturated heterocycles. The number of fused-ring (bicyclic) bond motifs is 1. The summed E-state index contributed by atoms with van der Waals surface area (Å²) in [7, 11) is 0. The van der Waals surface area contributed by atoms with Crippen LogP contribution in [0.5, 0.6) is 0 Å². The maximum Gasteiger partial charge on any atom is 0.408 e. The van der Waals surface area contributed by atoms with Crippen molar-refractivity contribution in [3.05, 3.63) is 47.3 Å². The third-order valence-corrected chi connectivity index (χ3v) is 4.96. The Morgan fingerprint density at radius 1 is 1.24 bits per heavy atom. The zero-order valence-corrected chi connectivity index (χ0v) is 15.6. The maximum absolute atomic E-state index is 13.7. The van der Waals surface area contributed by atoms with Gasteiger partial charge in [0.2, 0.25) is 0 Å². The smallest absolute Gasteiger partial charge is 0.340 e. The van der Waals surface area contributed by atoms with Crippen LogP contribution in [0, 0.1) is 25.6 Å². The molecule has 0 unspecified atom stereocenters. The summed E-state index contributed by atoms with van der Waals surface area (Å²) in [6.07, 6.45) is -1.42. The van der Waals surface area contributed by atoms with Gasteiger partial charge in [-0.05, 0) is 44.7 Å². The van der Waals surface area contributed by atoms with Crippen LogP contribution in [-0.2, 0) is 0 Å². The highest BCUT2D eigenvalue weighted by atomic mass is 19.4.